The van der Waals surface area contributed by atoms with Crippen molar-refractivity contribution in [3.8, 4) is 0 Å². The summed E-state index contributed by atoms with van der Waals surface area (Å²) in [4.78, 5) is 14.3. The van der Waals surface area contributed by atoms with Crippen molar-refractivity contribution in [2.75, 3.05) is 20.2 Å². The third-order valence-electron chi connectivity index (χ3n) is 5.27. The van der Waals surface area contributed by atoms with Crippen molar-refractivity contribution in [3.05, 3.63) is 0 Å². The van der Waals surface area contributed by atoms with Gasteiger partial charge in [0.25, 0.3) is 0 Å². The second-order valence-electron chi connectivity index (χ2n) is 6.42. The molecule has 0 bridgehead atoms. The highest BCUT2D eigenvalue weighted by Gasteiger charge is 2.39. The van der Waals surface area contributed by atoms with E-state index in [1.165, 1.54) is 45.6 Å². The molecule has 1 unspecified atom stereocenters. The van der Waals surface area contributed by atoms with E-state index in [9.17, 15) is 4.79 Å². The zero-order valence-corrected chi connectivity index (χ0v) is 12.6. The Hall–Kier alpha value is -0.570. The van der Waals surface area contributed by atoms with Gasteiger partial charge in [-0.3, -0.25) is 9.69 Å². The quantitative estimate of drug-likeness (QED) is 0.715. The highest BCUT2D eigenvalue weighted by atomic mass is 16.5. The van der Waals surface area contributed by atoms with Crippen molar-refractivity contribution in [2.45, 2.75) is 70.8 Å². The molecule has 1 heterocycles. The molecule has 1 saturated heterocycles. The van der Waals surface area contributed by atoms with Crippen LogP contribution in [0.3, 0.4) is 0 Å². The molecule has 19 heavy (non-hydrogen) atoms. The van der Waals surface area contributed by atoms with Gasteiger partial charge >= 0.3 is 5.97 Å². The third-order valence-corrected chi connectivity index (χ3v) is 5.27. The number of nitrogens with zero attached hydrogens (tertiary/aromatic N) is 1. The first-order chi connectivity index (χ1) is 9.21. The van der Waals surface area contributed by atoms with Crippen LogP contribution in [0.25, 0.3) is 0 Å². The summed E-state index contributed by atoms with van der Waals surface area (Å²) in [5.74, 6) is -0.0316. The van der Waals surface area contributed by atoms with Gasteiger partial charge in [-0.05, 0) is 50.6 Å². The summed E-state index contributed by atoms with van der Waals surface area (Å²) >= 11 is 0. The molecule has 0 aromatic heterocycles. The lowest BCUT2D eigenvalue weighted by Gasteiger charge is -2.42. The minimum absolute atomic E-state index is 0.00343. The van der Waals surface area contributed by atoms with Crippen LogP contribution in [0.4, 0.5) is 0 Å². The van der Waals surface area contributed by atoms with Crippen molar-refractivity contribution >= 4 is 5.97 Å². The lowest BCUT2D eigenvalue weighted by Crippen LogP contribution is -2.48. The zero-order valence-electron chi connectivity index (χ0n) is 12.6. The molecule has 0 radical (unpaired) electrons. The average Bonchev–Trinajstić information content (AvgIpc) is 2.89. The minimum Gasteiger partial charge on any atom is -0.468 e. The smallest absolute Gasteiger partial charge is 0.323 e. The fraction of sp³-hybridized carbons (Fsp3) is 0.938. The summed E-state index contributed by atoms with van der Waals surface area (Å²) in [7, 11) is 1.52. The Morgan fingerprint density at radius 1 is 1.21 bits per heavy atom. The van der Waals surface area contributed by atoms with Crippen LogP contribution in [0.15, 0.2) is 0 Å². The average molecular weight is 267 g/mol. The van der Waals surface area contributed by atoms with Crippen LogP contribution in [0.1, 0.15) is 64.7 Å². The molecule has 1 atom stereocenters. The van der Waals surface area contributed by atoms with E-state index in [1.807, 2.05) is 0 Å². The molecule has 110 valence electrons. The molecule has 1 aliphatic heterocycles. The molecule has 0 aromatic rings. The molecule has 1 saturated carbocycles. The van der Waals surface area contributed by atoms with Gasteiger partial charge in [0.05, 0.1) is 7.11 Å². The molecule has 2 aliphatic rings. The van der Waals surface area contributed by atoms with Gasteiger partial charge in [-0.25, -0.2) is 0 Å². The summed E-state index contributed by atoms with van der Waals surface area (Å²) in [6, 6.07) is 0.00343. The van der Waals surface area contributed by atoms with Gasteiger partial charge in [0.1, 0.15) is 6.04 Å². The number of unbranched alkanes of at least 4 members (excludes halogenated alkanes) is 1. The Balaban J connectivity index is 1.90. The van der Waals surface area contributed by atoms with Gasteiger partial charge in [0, 0.05) is 0 Å². The Morgan fingerprint density at radius 3 is 2.37 bits per heavy atom. The van der Waals surface area contributed by atoms with E-state index in [4.69, 9.17) is 4.74 Å². The Kier molecular flexibility index (Phi) is 5.26. The maximum absolute atomic E-state index is 12.0. The number of hydrogen-bond donors (Lipinski definition) is 0. The van der Waals surface area contributed by atoms with E-state index in [0.29, 0.717) is 5.41 Å². The highest BCUT2D eigenvalue weighted by Crippen LogP contribution is 2.46. The predicted octanol–water partition coefficient (Wildman–Crippen LogP) is 3.37. The van der Waals surface area contributed by atoms with Gasteiger partial charge < -0.3 is 4.74 Å². The number of ether oxygens (including phenoxy) is 1. The summed E-state index contributed by atoms with van der Waals surface area (Å²) in [6.07, 6.45) is 11.4. The van der Waals surface area contributed by atoms with Crippen LogP contribution in [0.5, 0.6) is 0 Å². The monoisotopic (exact) mass is 267 g/mol. The summed E-state index contributed by atoms with van der Waals surface area (Å²) in [5.41, 5.74) is 0.627. The molecule has 0 N–H and O–H groups in total. The van der Waals surface area contributed by atoms with E-state index in [2.05, 4.69) is 11.8 Å². The first-order valence-corrected chi connectivity index (χ1v) is 8.03. The maximum atomic E-state index is 12.0. The van der Waals surface area contributed by atoms with Crippen LogP contribution < -0.4 is 0 Å². The fourth-order valence-corrected chi connectivity index (χ4v) is 3.92. The SMILES string of the molecule is CCCCC(C(=O)OC)N1CCC2(CCCC2)CC1. The number of likely N-dealkylation sites (tertiary alicyclic amines) is 1. The second kappa shape index (κ2) is 6.74. The number of carbonyl (C=O) groups excluding carboxylic acids is 1. The van der Waals surface area contributed by atoms with Crippen molar-refractivity contribution in [1.82, 2.24) is 4.90 Å². The highest BCUT2D eigenvalue weighted by molar-refractivity contribution is 5.75. The van der Waals surface area contributed by atoms with Crippen molar-refractivity contribution < 1.29 is 9.53 Å². The topological polar surface area (TPSA) is 29.5 Å². The van der Waals surface area contributed by atoms with Crippen LogP contribution in [-0.2, 0) is 9.53 Å². The second-order valence-corrected chi connectivity index (χ2v) is 6.42. The number of rotatable bonds is 5. The lowest BCUT2D eigenvalue weighted by atomic mass is 9.76. The van der Waals surface area contributed by atoms with Crippen LogP contribution in [0.2, 0.25) is 0 Å². The Morgan fingerprint density at radius 2 is 1.84 bits per heavy atom. The molecule has 3 heteroatoms. The van der Waals surface area contributed by atoms with Gasteiger partial charge in [0.15, 0.2) is 0 Å². The summed E-state index contributed by atoms with van der Waals surface area (Å²) in [5, 5.41) is 0. The minimum atomic E-state index is -0.0316. The van der Waals surface area contributed by atoms with E-state index in [1.54, 1.807) is 0 Å². The molecule has 2 rings (SSSR count). The van der Waals surface area contributed by atoms with Gasteiger partial charge in [0.2, 0.25) is 0 Å². The summed E-state index contributed by atoms with van der Waals surface area (Å²) < 4.78 is 5.00. The third kappa shape index (κ3) is 3.50. The van der Waals surface area contributed by atoms with Crippen molar-refractivity contribution in [2.24, 2.45) is 5.41 Å². The summed E-state index contributed by atoms with van der Waals surface area (Å²) in [6.45, 7) is 4.35. The van der Waals surface area contributed by atoms with Crippen LogP contribution >= 0.6 is 0 Å². The molecular formula is C16H29NO2. The molecular weight excluding hydrogens is 238 g/mol. The first-order valence-electron chi connectivity index (χ1n) is 8.03. The molecule has 0 amide bonds. The Bertz CT molecular complexity index is 287. The van der Waals surface area contributed by atoms with Crippen molar-refractivity contribution in [3.63, 3.8) is 0 Å². The molecule has 2 fully saturated rings. The van der Waals surface area contributed by atoms with E-state index >= 15 is 0 Å². The zero-order chi connectivity index (χ0) is 13.7. The number of esters is 1. The van der Waals surface area contributed by atoms with Gasteiger partial charge in [-0.1, -0.05) is 32.6 Å². The predicted molar refractivity (Wildman–Crippen MR) is 77.0 cm³/mol. The number of carbonyl (C=O) groups is 1. The van der Waals surface area contributed by atoms with E-state index in [-0.39, 0.29) is 12.0 Å². The lowest BCUT2D eigenvalue weighted by molar-refractivity contribution is -0.148. The largest absolute Gasteiger partial charge is 0.468 e. The van der Waals surface area contributed by atoms with Gasteiger partial charge in [-0.15, -0.1) is 0 Å². The van der Waals surface area contributed by atoms with Gasteiger partial charge in [-0.2, -0.15) is 0 Å². The van der Waals surface area contributed by atoms with Crippen LogP contribution in [-0.4, -0.2) is 37.1 Å². The normalized spacial score (nSPS) is 24.5. The number of hydrogen-bond acceptors (Lipinski definition) is 3. The first kappa shape index (κ1) is 14.8. The standard InChI is InChI=1S/C16H29NO2/c1-3-4-7-14(15(18)19-2)17-12-10-16(11-13-17)8-5-6-9-16/h14H,3-13H2,1-2H3. The van der Waals surface area contributed by atoms with E-state index < -0.39 is 0 Å². The van der Waals surface area contributed by atoms with Crippen LogP contribution in [0, 0.1) is 5.41 Å². The van der Waals surface area contributed by atoms with E-state index in [0.717, 1.165) is 32.4 Å². The molecule has 1 aliphatic carbocycles. The maximum Gasteiger partial charge on any atom is 0.323 e. The molecule has 3 nitrogen and oxygen atoms in total. The Labute approximate surface area is 117 Å². The van der Waals surface area contributed by atoms with Crippen molar-refractivity contribution in [1.29, 1.82) is 0 Å². The number of methoxy groups -OCH3 is 1. The fourth-order valence-electron chi connectivity index (χ4n) is 3.92. The molecule has 1 spiro atoms. The number of piperidine rings is 1. The molecule has 0 aromatic carbocycles.